The van der Waals surface area contributed by atoms with Crippen molar-refractivity contribution in [3.05, 3.63) is 53.6 Å². The largest absolute Gasteiger partial charge is 0.479 e. The van der Waals surface area contributed by atoms with E-state index in [0.29, 0.717) is 18.4 Å². The SMILES string of the molecule is O=C1CC(NC(=O)C2CCN(C(=O)c3nc4ccccc4[nH]3)CC2)C(=O)COc2c(F)c(F)cc(F)c2O1. The third-order valence-corrected chi connectivity index (χ3v) is 6.48. The van der Waals surface area contributed by atoms with Crippen LogP contribution in [-0.4, -0.2) is 64.2 Å². The van der Waals surface area contributed by atoms with Gasteiger partial charge in [-0.3, -0.25) is 19.2 Å². The zero-order valence-electron chi connectivity index (χ0n) is 19.8. The van der Waals surface area contributed by atoms with Crippen molar-refractivity contribution in [2.75, 3.05) is 19.7 Å². The number of para-hydroxylation sites is 2. The zero-order valence-corrected chi connectivity index (χ0v) is 19.8. The summed E-state index contributed by atoms with van der Waals surface area (Å²) in [5.41, 5.74) is 1.39. The molecule has 0 radical (unpaired) electrons. The van der Waals surface area contributed by atoms with Crippen LogP contribution in [0.1, 0.15) is 29.9 Å². The smallest absolute Gasteiger partial charge is 0.313 e. The Balaban J connectivity index is 1.21. The van der Waals surface area contributed by atoms with Crippen LogP contribution < -0.4 is 14.8 Å². The standard InChI is InChI=1S/C25H21F3N4O6/c26-13-9-14(27)21-22(20(13)28)37-11-18(33)17(10-19(34)38-21)31-24(35)12-5-7-32(8-6-12)25(36)23-29-15-3-1-2-4-16(15)30-23/h1-4,9,12,17H,5-8,10-11H2,(H,29,30)(H,31,35). The summed E-state index contributed by atoms with van der Waals surface area (Å²) in [5, 5.41) is 2.47. The van der Waals surface area contributed by atoms with Crippen LogP contribution in [0.3, 0.4) is 0 Å². The third kappa shape index (κ3) is 4.91. The molecule has 0 saturated carbocycles. The highest BCUT2D eigenvalue weighted by Gasteiger charge is 2.34. The van der Waals surface area contributed by atoms with E-state index < -0.39 is 71.6 Å². The van der Waals surface area contributed by atoms with Gasteiger partial charge in [-0.15, -0.1) is 0 Å². The van der Waals surface area contributed by atoms with Crippen molar-refractivity contribution in [3.63, 3.8) is 0 Å². The second kappa shape index (κ2) is 10.1. The summed E-state index contributed by atoms with van der Waals surface area (Å²) in [7, 11) is 0. The molecule has 3 heterocycles. The number of piperidine rings is 1. The average molecular weight is 530 g/mol. The number of carbonyl (C=O) groups is 4. The molecule has 0 spiro atoms. The fourth-order valence-electron chi connectivity index (χ4n) is 4.43. The minimum Gasteiger partial charge on any atom is -0.479 e. The first kappa shape index (κ1) is 25.2. The van der Waals surface area contributed by atoms with Crippen LogP contribution in [-0.2, 0) is 14.4 Å². The van der Waals surface area contributed by atoms with Crippen LogP contribution in [0.2, 0.25) is 0 Å². The molecule has 198 valence electrons. The molecular formula is C25H21F3N4O6. The molecule has 0 bridgehead atoms. The number of carbonyl (C=O) groups excluding carboxylic acids is 4. The van der Waals surface area contributed by atoms with Gasteiger partial charge in [-0.05, 0) is 25.0 Å². The summed E-state index contributed by atoms with van der Waals surface area (Å²) < 4.78 is 51.5. The second-order valence-corrected chi connectivity index (χ2v) is 8.98. The lowest BCUT2D eigenvalue weighted by Gasteiger charge is -2.31. The highest BCUT2D eigenvalue weighted by molar-refractivity contribution is 5.95. The van der Waals surface area contributed by atoms with E-state index in [-0.39, 0.29) is 30.9 Å². The van der Waals surface area contributed by atoms with Gasteiger partial charge in [-0.2, -0.15) is 4.39 Å². The molecule has 2 aliphatic heterocycles. The van der Waals surface area contributed by atoms with Crippen molar-refractivity contribution in [1.82, 2.24) is 20.2 Å². The maximum atomic E-state index is 14.1. The normalized spacial score (nSPS) is 18.6. The van der Waals surface area contributed by atoms with Crippen LogP contribution in [0.25, 0.3) is 11.0 Å². The van der Waals surface area contributed by atoms with Crippen molar-refractivity contribution in [2.45, 2.75) is 25.3 Å². The highest BCUT2D eigenvalue weighted by Crippen LogP contribution is 2.36. The van der Waals surface area contributed by atoms with Gasteiger partial charge in [0.25, 0.3) is 5.91 Å². The van der Waals surface area contributed by atoms with Gasteiger partial charge in [0.15, 0.2) is 23.2 Å². The van der Waals surface area contributed by atoms with Crippen molar-refractivity contribution < 1.29 is 41.8 Å². The van der Waals surface area contributed by atoms with Crippen LogP contribution in [0, 0.1) is 23.4 Å². The molecule has 1 saturated heterocycles. The number of halogens is 3. The van der Waals surface area contributed by atoms with E-state index in [9.17, 15) is 32.3 Å². The van der Waals surface area contributed by atoms with E-state index in [1.165, 1.54) is 0 Å². The molecule has 3 aromatic rings. The quantitative estimate of drug-likeness (QED) is 0.302. The Bertz CT molecular complexity index is 1420. The van der Waals surface area contributed by atoms with E-state index in [2.05, 4.69) is 15.3 Å². The number of Topliss-reactive ketones (excluding diaryl/α,β-unsaturated/α-hetero) is 1. The molecule has 1 fully saturated rings. The molecule has 1 atom stereocenters. The predicted octanol–water partition coefficient (Wildman–Crippen LogP) is 2.27. The number of aromatic amines is 1. The fraction of sp³-hybridized carbons (Fsp3) is 0.320. The number of hydrogen-bond acceptors (Lipinski definition) is 7. The third-order valence-electron chi connectivity index (χ3n) is 6.48. The van der Waals surface area contributed by atoms with E-state index in [1.807, 2.05) is 12.1 Å². The summed E-state index contributed by atoms with van der Waals surface area (Å²) >= 11 is 0. The van der Waals surface area contributed by atoms with E-state index >= 15 is 0 Å². The number of ketones is 1. The first-order valence-corrected chi connectivity index (χ1v) is 11.8. The van der Waals surface area contributed by atoms with Crippen molar-refractivity contribution in [2.24, 2.45) is 5.92 Å². The van der Waals surface area contributed by atoms with Crippen LogP contribution >= 0.6 is 0 Å². The number of rotatable bonds is 3. The second-order valence-electron chi connectivity index (χ2n) is 8.98. The number of H-pyrrole nitrogens is 1. The molecule has 38 heavy (non-hydrogen) atoms. The molecule has 2 aliphatic rings. The fourth-order valence-corrected chi connectivity index (χ4v) is 4.43. The Morgan fingerprint density at radius 1 is 1.05 bits per heavy atom. The topological polar surface area (TPSA) is 131 Å². The van der Waals surface area contributed by atoms with Crippen LogP contribution in [0.5, 0.6) is 11.5 Å². The number of nitrogens with one attached hydrogen (secondary N) is 2. The monoisotopic (exact) mass is 530 g/mol. The first-order chi connectivity index (χ1) is 18.2. The molecule has 10 nitrogen and oxygen atoms in total. The molecule has 1 aromatic heterocycles. The Morgan fingerprint density at radius 2 is 1.79 bits per heavy atom. The lowest BCUT2D eigenvalue weighted by Crippen LogP contribution is -2.49. The van der Waals surface area contributed by atoms with Gasteiger partial charge in [0, 0.05) is 25.1 Å². The van der Waals surface area contributed by atoms with Crippen LogP contribution in [0.15, 0.2) is 30.3 Å². The number of hydrogen-bond donors (Lipinski definition) is 2. The number of imidazole rings is 1. The summed E-state index contributed by atoms with van der Waals surface area (Å²) in [6, 6.07) is 6.01. The zero-order chi connectivity index (χ0) is 27.0. The lowest BCUT2D eigenvalue weighted by molar-refractivity contribution is -0.138. The molecule has 0 aliphatic carbocycles. The number of aromatic nitrogens is 2. The number of nitrogens with zero attached hydrogens (tertiary/aromatic N) is 2. The Hall–Kier alpha value is -4.42. The van der Waals surface area contributed by atoms with Gasteiger partial charge >= 0.3 is 5.97 Å². The highest BCUT2D eigenvalue weighted by atomic mass is 19.2. The maximum Gasteiger partial charge on any atom is 0.313 e. The van der Waals surface area contributed by atoms with Crippen LogP contribution in [0.4, 0.5) is 13.2 Å². The number of benzene rings is 2. The number of fused-ring (bicyclic) bond motifs is 2. The molecule has 2 aromatic carbocycles. The number of amides is 2. The minimum absolute atomic E-state index is 0.190. The van der Waals surface area contributed by atoms with Crippen molar-refractivity contribution in [1.29, 1.82) is 0 Å². The number of esters is 1. The lowest BCUT2D eigenvalue weighted by atomic mass is 9.95. The summed E-state index contributed by atoms with van der Waals surface area (Å²) in [6.45, 7) is -0.340. The minimum atomic E-state index is -1.62. The molecule has 5 rings (SSSR count). The van der Waals surface area contributed by atoms with Crippen molar-refractivity contribution in [3.8, 4) is 11.5 Å². The summed E-state index contributed by atoms with van der Waals surface area (Å²) in [6.07, 6.45) is -0.0865. The van der Waals surface area contributed by atoms with Gasteiger partial charge in [-0.1, -0.05) is 12.1 Å². The summed E-state index contributed by atoms with van der Waals surface area (Å²) in [5.74, 6) is -9.78. The molecule has 1 unspecified atom stereocenters. The molecule has 2 N–H and O–H groups in total. The van der Waals surface area contributed by atoms with Gasteiger partial charge in [-0.25, -0.2) is 13.8 Å². The van der Waals surface area contributed by atoms with Gasteiger partial charge in [0.05, 0.1) is 17.5 Å². The van der Waals surface area contributed by atoms with E-state index in [1.54, 1.807) is 17.0 Å². The Kier molecular flexibility index (Phi) is 6.74. The first-order valence-electron chi connectivity index (χ1n) is 11.8. The van der Waals surface area contributed by atoms with E-state index in [4.69, 9.17) is 9.47 Å². The molecular weight excluding hydrogens is 509 g/mol. The van der Waals surface area contributed by atoms with Gasteiger partial charge in [0.2, 0.25) is 23.2 Å². The Labute approximate surface area is 213 Å². The number of ether oxygens (including phenoxy) is 2. The summed E-state index contributed by atoms with van der Waals surface area (Å²) in [4.78, 5) is 59.5. The molecule has 2 amide bonds. The van der Waals surface area contributed by atoms with E-state index in [0.717, 1.165) is 5.52 Å². The number of likely N-dealkylation sites (tertiary alicyclic amines) is 1. The Morgan fingerprint density at radius 3 is 2.53 bits per heavy atom. The van der Waals surface area contributed by atoms with Gasteiger partial charge < -0.3 is 24.7 Å². The van der Waals surface area contributed by atoms with Crippen molar-refractivity contribution >= 4 is 34.6 Å². The maximum absolute atomic E-state index is 14.1. The average Bonchev–Trinajstić information content (AvgIpc) is 3.36. The molecule has 13 heteroatoms. The van der Waals surface area contributed by atoms with Gasteiger partial charge in [0.1, 0.15) is 12.6 Å². The predicted molar refractivity (Wildman–Crippen MR) is 124 cm³/mol.